The van der Waals surface area contributed by atoms with Gasteiger partial charge in [-0.15, -0.1) is 0 Å². The number of esters is 1. The fraction of sp³-hybridized carbons (Fsp3) is 0.529. The van der Waals surface area contributed by atoms with E-state index in [1.54, 1.807) is 0 Å². The van der Waals surface area contributed by atoms with Gasteiger partial charge in [-0.2, -0.15) is 0 Å². The molecule has 0 bridgehead atoms. The van der Waals surface area contributed by atoms with E-state index in [-0.39, 0.29) is 5.91 Å². The smallest absolute Gasteiger partial charge is 0.328 e. The highest BCUT2D eigenvalue weighted by Gasteiger charge is 2.36. The van der Waals surface area contributed by atoms with E-state index >= 15 is 0 Å². The number of nitrogens with one attached hydrogen (secondary N) is 2. The second-order valence-electron chi connectivity index (χ2n) is 5.95. The van der Waals surface area contributed by atoms with Gasteiger partial charge in [0.1, 0.15) is 6.04 Å². The number of benzene rings is 1. The largest absolute Gasteiger partial charge is 0.467 e. The van der Waals surface area contributed by atoms with Crippen molar-refractivity contribution in [2.45, 2.75) is 44.2 Å². The van der Waals surface area contributed by atoms with Crippen LogP contribution in [0.15, 0.2) is 30.3 Å². The second kappa shape index (κ2) is 7.40. The van der Waals surface area contributed by atoms with Crippen molar-refractivity contribution in [1.82, 2.24) is 10.6 Å². The Morgan fingerprint density at radius 1 is 1.32 bits per heavy atom. The SMILES string of the molecule is COC(=O)C(Cc1ccccc1)NC(=O)C1(C)CCCCN1. The first kappa shape index (κ1) is 16.5. The molecule has 0 spiro atoms. The van der Waals surface area contributed by atoms with Gasteiger partial charge in [-0.25, -0.2) is 4.79 Å². The van der Waals surface area contributed by atoms with E-state index in [1.807, 2.05) is 37.3 Å². The van der Waals surface area contributed by atoms with Crippen molar-refractivity contribution < 1.29 is 14.3 Å². The van der Waals surface area contributed by atoms with Crippen LogP contribution in [-0.4, -0.2) is 37.1 Å². The van der Waals surface area contributed by atoms with E-state index < -0.39 is 17.6 Å². The zero-order valence-corrected chi connectivity index (χ0v) is 13.2. The summed E-state index contributed by atoms with van der Waals surface area (Å²) in [5, 5.41) is 6.11. The van der Waals surface area contributed by atoms with E-state index in [2.05, 4.69) is 10.6 Å². The molecule has 22 heavy (non-hydrogen) atoms. The molecule has 2 unspecified atom stereocenters. The lowest BCUT2D eigenvalue weighted by molar-refractivity contribution is -0.146. The number of methoxy groups -OCH3 is 1. The third-order valence-electron chi connectivity index (χ3n) is 4.19. The van der Waals surface area contributed by atoms with Crippen LogP contribution in [0.3, 0.4) is 0 Å². The fourth-order valence-corrected chi connectivity index (χ4v) is 2.75. The first-order valence-electron chi connectivity index (χ1n) is 7.73. The van der Waals surface area contributed by atoms with Gasteiger partial charge in [0.25, 0.3) is 0 Å². The molecule has 1 saturated heterocycles. The zero-order valence-electron chi connectivity index (χ0n) is 13.2. The molecule has 1 heterocycles. The third-order valence-corrected chi connectivity index (χ3v) is 4.19. The highest BCUT2D eigenvalue weighted by atomic mass is 16.5. The van der Waals surface area contributed by atoms with Crippen LogP contribution in [0.4, 0.5) is 0 Å². The van der Waals surface area contributed by atoms with Crippen molar-refractivity contribution in [3.8, 4) is 0 Å². The van der Waals surface area contributed by atoms with Gasteiger partial charge in [-0.3, -0.25) is 4.79 Å². The number of rotatable bonds is 5. The second-order valence-corrected chi connectivity index (χ2v) is 5.95. The Labute approximate surface area is 131 Å². The molecule has 1 fully saturated rings. The predicted molar refractivity (Wildman–Crippen MR) is 84.4 cm³/mol. The minimum Gasteiger partial charge on any atom is -0.467 e. The molecule has 5 nitrogen and oxygen atoms in total. The number of carbonyl (C=O) groups is 2. The lowest BCUT2D eigenvalue weighted by Gasteiger charge is -2.34. The van der Waals surface area contributed by atoms with E-state index in [9.17, 15) is 9.59 Å². The summed E-state index contributed by atoms with van der Waals surface area (Å²) in [5.41, 5.74) is 0.376. The van der Waals surface area contributed by atoms with E-state index in [4.69, 9.17) is 4.74 Å². The third kappa shape index (κ3) is 4.07. The summed E-state index contributed by atoms with van der Waals surface area (Å²) in [6.07, 6.45) is 3.29. The molecule has 0 saturated carbocycles. The van der Waals surface area contributed by atoms with Gasteiger partial charge in [0.15, 0.2) is 0 Å². The normalized spacial score (nSPS) is 22.6. The Hall–Kier alpha value is -1.88. The Kier molecular flexibility index (Phi) is 5.55. The average Bonchev–Trinajstić information content (AvgIpc) is 2.55. The number of hydrogen-bond donors (Lipinski definition) is 2. The van der Waals surface area contributed by atoms with E-state index in [0.717, 1.165) is 31.4 Å². The molecule has 2 atom stereocenters. The van der Waals surface area contributed by atoms with Crippen LogP contribution < -0.4 is 10.6 Å². The van der Waals surface area contributed by atoms with Gasteiger partial charge in [0, 0.05) is 6.42 Å². The first-order chi connectivity index (χ1) is 10.5. The molecule has 0 aliphatic carbocycles. The molecular formula is C17H24N2O3. The van der Waals surface area contributed by atoms with E-state index in [1.165, 1.54) is 7.11 Å². The number of piperidine rings is 1. The van der Waals surface area contributed by atoms with Crippen LogP contribution in [0.25, 0.3) is 0 Å². The number of carbonyl (C=O) groups excluding carboxylic acids is 2. The molecular weight excluding hydrogens is 280 g/mol. The summed E-state index contributed by atoms with van der Waals surface area (Å²) in [4.78, 5) is 24.5. The van der Waals surface area contributed by atoms with Crippen LogP contribution in [0.1, 0.15) is 31.7 Å². The van der Waals surface area contributed by atoms with Crippen molar-refractivity contribution >= 4 is 11.9 Å². The average molecular weight is 304 g/mol. The lowest BCUT2D eigenvalue weighted by atomic mass is 9.89. The molecule has 1 aliphatic rings. The molecule has 0 aromatic heterocycles. The fourth-order valence-electron chi connectivity index (χ4n) is 2.75. The molecule has 1 aliphatic heterocycles. The van der Waals surface area contributed by atoms with Crippen LogP contribution in [-0.2, 0) is 20.7 Å². The van der Waals surface area contributed by atoms with Gasteiger partial charge in [0.2, 0.25) is 5.91 Å². The van der Waals surface area contributed by atoms with Gasteiger partial charge in [-0.1, -0.05) is 30.3 Å². The summed E-state index contributed by atoms with van der Waals surface area (Å²) in [7, 11) is 1.34. The molecule has 0 radical (unpaired) electrons. The highest BCUT2D eigenvalue weighted by Crippen LogP contribution is 2.19. The summed E-state index contributed by atoms with van der Waals surface area (Å²) < 4.78 is 4.83. The van der Waals surface area contributed by atoms with Crippen LogP contribution in [0, 0.1) is 0 Å². The lowest BCUT2D eigenvalue weighted by Crippen LogP contribution is -2.60. The summed E-state index contributed by atoms with van der Waals surface area (Å²) in [6.45, 7) is 2.71. The maximum atomic E-state index is 12.6. The van der Waals surface area contributed by atoms with Gasteiger partial charge >= 0.3 is 5.97 Å². The number of amides is 1. The quantitative estimate of drug-likeness (QED) is 0.807. The Bertz CT molecular complexity index is 510. The first-order valence-corrected chi connectivity index (χ1v) is 7.73. The Balaban J connectivity index is 2.06. The Morgan fingerprint density at radius 2 is 2.05 bits per heavy atom. The molecule has 1 amide bonds. The molecule has 1 aromatic rings. The van der Waals surface area contributed by atoms with Crippen molar-refractivity contribution in [1.29, 1.82) is 0 Å². The number of hydrogen-bond acceptors (Lipinski definition) is 4. The number of ether oxygens (including phenoxy) is 1. The Morgan fingerprint density at radius 3 is 2.64 bits per heavy atom. The van der Waals surface area contributed by atoms with Crippen molar-refractivity contribution in [3.05, 3.63) is 35.9 Å². The van der Waals surface area contributed by atoms with Gasteiger partial charge < -0.3 is 15.4 Å². The zero-order chi connectivity index (χ0) is 16.0. The highest BCUT2D eigenvalue weighted by molar-refractivity contribution is 5.90. The van der Waals surface area contributed by atoms with Crippen LogP contribution in [0.5, 0.6) is 0 Å². The van der Waals surface area contributed by atoms with Gasteiger partial charge in [0.05, 0.1) is 12.6 Å². The van der Waals surface area contributed by atoms with Crippen LogP contribution in [0.2, 0.25) is 0 Å². The molecule has 120 valence electrons. The topological polar surface area (TPSA) is 67.4 Å². The van der Waals surface area contributed by atoms with Crippen molar-refractivity contribution in [3.63, 3.8) is 0 Å². The predicted octanol–water partition coefficient (Wildman–Crippen LogP) is 1.42. The minimum absolute atomic E-state index is 0.140. The monoisotopic (exact) mass is 304 g/mol. The standard InChI is InChI=1S/C17H24N2O3/c1-17(10-6-7-11-18-17)16(21)19-14(15(20)22-2)12-13-8-4-3-5-9-13/h3-5,8-9,14,18H,6-7,10-12H2,1-2H3,(H,19,21). The molecule has 2 rings (SSSR count). The van der Waals surface area contributed by atoms with Crippen molar-refractivity contribution in [2.75, 3.05) is 13.7 Å². The summed E-state index contributed by atoms with van der Waals surface area (Å²) in [6, 6.07) is 8.94. The summed E-state index contributed by atoms with van der Waals surface area (Å²) >= 11 is 0. The summed E-state index contributed by atoms with van der Waals surface area (Å²) in [5.74, 6) is -0.560. The maximum absolute atomic E-state index is 12.6. The molecule has 1 aromatic carbocycles. The molecule has 2 N–H and O–H groups in total. The minimum atomic E-state index is -0.666. The van der Waals surface area contributed by atoms with Gasteiger partial charge in [-0.05, 0) is 38.3 Å². The maximum Gasteiger partial charge on any atom is 0.328 e. The van der Waals surface area contributed by atoms with Crippen molar-refractivity contribution in [2.24, 2.45) is 0 Å². The van der Waals surface area contributed by atoms with Crippen LogP contribution >= 0.6 is 0 Å². The van der Waals surface area contributed by atoms with E-state index in [0.29, 0.717) is 6.42 Å². The molecule has 5 heteroatoms.